The van der Waals surface area contributed by atoms with Crippen molar-refractivity contribution in [2.75, 3.05) is 0 Å². The first kappa shape index (κ1) is 12.5. The molecule has 3 nitrogen and oxygen atoms in total. The average molecular weight is 313 g/mol. The zero-order chi connectivity index (χ0) is 12.3. The Hall–Kier alpha value is -0.910. The molecule has 1 aromatic carbocycles. The fraction of sp³-hybridized carbons (Fsp3) is 0.250. The number of nitrogens with one attached hydrogen (secondary N) is 2. The third-order valence-electron chi connectivity index (χ3n) is 2.52. The Morgan fingerprint density at radius 3 is 3.00 bits per heavy atom. The summed E-state index contributed by atoms with van der Waals surface area (Å²) in [6.07, 6.45) is 0. The van der Waals surface area contributed by atoms with Gasteiger partial charge in [-0.15, -0.1) is 0 Å². The van der Waals surface area contributed by atoms with Crippen LogP contribution in [0.4, 0.5) is 0 Å². The number of rotatable bonds is 4. The van der Waals surface area contributed by atoms with E-state index in [2.05, 4.69) is 45.3 Å². The maximum atomic E-state index is 11.0. The number of H-pyrrole nitrogens is 1. The molecule has 90 valence electrons. The molecule has 0 aliphatic carbocycles. The van der Waals surface area contributed by atoms with Crippen molar-refractivity contribution in [1.29, 1.82) is 0 Å². The van der Waals surface area contributed by atoms with Gasteiger partial charge in [0, 0.05) is 28.1 Å². The van der Waals surface area contributed by atoms with Crippen LogP contribution in [0.1, 0.15) is 24.2 Å². The monoisotopic (exact) mass is 312 g/mol. The van der Waals surface area contributed by atoms with Crippen molar-refractivity contribution in [2.24, 2.45) is 0 Å². The molecule has 1 aromatic heterocycles. The van der Waals surface area contributed by atoms with Crippen molar-refractivity contribution >= 4 is 27.3 Å². The maximum absolute atomic E-state index is 11.0. The van der Waals surface area contributed by atoms with Gasteiger partial charge in [0.05, 0.1) is 0 Å². The lowest BCUT2D eigenvalue weighted by atomic mass is 10.1. The standard InChI is InChI=1S/C12H13BrN2OS/c1-8(9-3-2-4-10(13)5-9)14-6-11-7-17-12(16)15-11/h2-5,7-8,14H,6H2,1H3,(H,15,16). The zero-order valence-corrected chi connectivity index (χ0v) is 11.8. The van der Waals surface area contributed by atoms with E-state index in [0.717, 1.165) is 10.2 Å². The highest BCUT2D eigenvalue weighted by molar-refractivity contribution is 9.10. The molecule has 0 bridgehead atoms. The molecule has 5 heteroatoms. The Balaban J connectivity index is 1.97. The van der Waals surface area contributed by atoms with E-state index in [1.54, 1.807) is 0 Å². The number of hydrogen-bond donors (Lipinski definition) is 2. The minimum atomic E-state index is -0.00286. The number of aromatic nitrogens is 1. The van der Waals surface area contributed by atoms with Gasteiger partial charge in [0.25, 0.3) is 0 Å². The zero-order valence-electron chi connectivity index (χ0n) is 9.37. The molecule has 17 heavy (non-hydrogen) atoms. The maximum Gasteiger partial charge on any atom is 0.304 e. The predicted octanol–water partition coefficient (Wildman–Crippen LogP) is 3.05. The van der Waals surface area contributed by atoms with Gasteiger partial charge in [0.2, 0.25) is 0 Å². The third-order valence-corrected chi connectivity index (χ3v) is 3.73. The summed E-state index contributed by atoms with van der Waals surface area (Å²) in [4.78, 5) is 13.8. The van der Waals surface area contributed by atoms with E-state index in [1.165, 1.54) is 16.9 Å². The van der Waals surface area contributed by atoms with Crippen LogP contribution in [0.2, 0.25) is 0 Å². The molecule has 0 aliphatic heterocycles. The molecule has 2 N–H and O–H groups in total. The van der Waals surface area contributed by atoms with Gasteiger partial charge in [0.1, 0.15) is 0 Å². The lowest BCUT2D eigenvalue weighted by molar-refractivity contribution is 0.568. The minimum absolute atomic E-state index is 0.00286. The lowest BCUT2D eigenvalue weighted by Gasteiger charge is -2.13. The second kappa shape index (κ2) is 5.62. The summed E-state index contributed by atoms with van der Waals surface area (Å²) in [7, 11) is 0. The number of thiazole rings is 1. The fourth-order valence-electron chi connectivity index (χ4n) is 1.56. The van der Waals surface area contributed by atoms with E-state index >= 15 is 0 Å². The number of hydrogen-bond acceptors (Lipinski definition) is 3. The van der Waals surface area contributed by atoms with Crippen LogP contribution in [0, 0.1) is 0 Å². The van der Waals surface area contributed by atoms with E-state index in [4.69, 9.17) is 0 Å². The molecule has 0 amide bonds. The van der Waals surface area contributed by atoms with Gasteiger partial charge in [-0.25, -0.2) is 0 Å². The Bertz CT molecular complexity index is 549. The van der Waals surface area contributed by atoms with E-state index < -0.39 is 0 Å². The first-order valence-electron chi connectivity index (χ1n) is 5.30. The molecule has 1 atom stereocenters. The molecular formula is C12H13BrN2OS. The highest BCUT2D eigenvalue weighted by Gasteiger charge is 2.05. The van der Waals surface area contributed by atoms with Crippen LogP contribution in [0.5, 0.6) is 0 Å². The van der Waals surface area contributed by atoms with E-state index in [-0.39, 0.29) is 10.9 Å². The molecule has 0 saturated carbocycles. The predicted molar refractivity (Wildman–Crippen MR) is 74.3 cm³/mol. The highest BCUT2D eigenvalue weighted by Crippen LogP contribution is 2.18. The van der Waals surface area contributed by atoms with Gasteiger partial charge < -0.3 is 10.3 Å². The van der Waals surface area contributed by atoms with Crippen LogP contribution >= 0.6 is 27.3 Å². The van der Waals surface area contributed by atoms with Crippen LogP contribution in [-0.4, -0.2) is 4.98 Å². The molecule has 1 unspecified atom stereocenters. The summed E-state index contributed by atoms with van der Waals surface area (Å²) < 4.78 is 1.08. The fourth-order valence-corrected chi connectivity index (χ4v) is 2.56. The van der Waals surface area contributed by atoms with E-state index in [1.807, 2.05) is 17.5 Å². The lowest BCUT2D eigenvalue weighted by Crippen LogP contribution is -2.18. The molecule has 1 heterocycles. The topological polar surface area (TPSA) is 44.9 Å². The van der Waals surface area contributed by atoms with Crippen molar-refractivity contribution in [1.82, 2.24) is 10.3 Å². The summed E-state index contributed by atoms with van der Waals surface area (Å²) in [5, 5.41) is 5.22. The molecule has 0 saturated heterocycles. The minimum Gasteiger partial charge on any atom is -0.315 e. The van der Waals surface area contributed by atoms with Crippen molar-refractivity contribution < 1.29 is 0 Å². The summed E-state index contributed by atoms with van der Waals surface area (Å²) in [6.45, 7) is 2.78. The molecule has 0 radical (unpaired) electrons. The van der Waals surface area contributed by atoms with Crippen molar-refractivity contribution in [2.45, 2.75) is 19.5 Å². The Morgan fingerprint density at radius 1 is 1.53 bits per heavy atom. The molecular weight excluding hydrogens is 300 g/mol. The van der Waals surface area contributed by atoms with Crippen LogP contribution in [0.3, 0.4) is 0 Å². The summed E-state index contributed by atoms with van der Waals surface area (Å²) in [6, 6.07) is 8.44. The van der Waals surface area contributed by atoms with Crippen molar-refractivity contribution in [3.05, 3.63) is 55.0 Å². The first-order valence-corrected chi connectivity index (χ1v) is 6.98. The molecule has 0 spiro atoms. The van der Waals surface area contributed by atoms with E-state index in [9.17, 15) is 4.79 Å². The SMILES string of the molecule is CC(NCc1csc(=O)[nH]1)c1cccc(Br)c1. The first-order chi connectivity index (χ1) is 8.15. The Labute approximate surface area is 112 Å². The number of aromatic amines is 1. The number of halogens is 1. The smallest absolute Gasteiger partial charge is 0.304 e. The number of benzene rings is 1. The van der Waals surface area contributed by atoms with Gasteiger partial charge in [-0.2, -0.15) is 0 Å². The third kappa shape index (κ3) is 3.52. The van der Waals surface area contributed by atoms with Gasteiger partial charge in [-0.3, -0.25) is 4.79 Å². The van der Waals surface area contributed by atoms with Crippen molar-refractivity contribution in [3.8, 4) is 0 Å². The Kier molecular flexibility index (Phi) is 4.15. The second-order valence-corrected chi connectivity index (χ2v) is 5.59. The van der Waals surface area contributed by atoms with Gasteiger partial charge in [0.15, 0.2) is 0 Å². The molecule has 0 fully saturated rings. The highest BCUT2D eigenvalue weighted by atomic mass is 79.9. The van der Waals surface area contributed by atoms with Crippen molar-refractivity contribution in [3.63, 3.8) is 0 Å². The summed E-state index contributed by atoms with van der Waals surface area (Å²) in [5.74, 6) is 0. The van der Waals surface area contributed by atoms with E-state index in [0.29, 0.717) is 6.54 Å². The average Bonchev–Trinajstić information content (AvgIpc) is 2.72. The largest absolute Gasteiger partial charge is 0.315 e. The molecule has 0 aliphatic rings. The van der Waals surface area contributed by atoms with Crippen LogP contribution in [0.15, 0.2) is 38.9 Å². The second-order valence-electron chi connectivity index (χ2n) is 3.83. The normalized spacial score (nSPS) is 12.6. The summed E-state index contributed by atoms with van der Waals surface area (Å²) >= 11 is 4.65. The van der Waals surface area contributed by atoms with Gasteiger partial charge in [-0.05, 0) is 24.6 Å². The molecule has 2 aromatic rings. The van der Waals surface area contributed by atoms with Gasteiger partial charge in [-0.1, -0.05) is 39.4 Å². The van der Waals surface area contributed by atoms with Crippen LogP contribution < -0.4 is 10.2 Å². The van der Waals surface area contributed by atoms with Crippen LogP contribution in [-0.2, 0) is 6.54 Å². The quantitative estimate of drug-likeness (QED) is 0.911. The molecule has 2 rings (SSSR count). The van der Waals surface area contributed by atoms with Crippen LogP contribution in [0.25, 0.3) is 0 Å². The van der Waals surface area contributed by atoms with Gasteiger partial charge >= 0.3 is 4.87 Å². The Morgan fingerprint density at radius 2 is 2.35 bits per heavy atom. The summed E-state index contributed by atoms with van der Waals surface area (Å²) in [5.41, 5.74) is 2.15.